The molecule has 0 rings (SSSR count). The van der Waals surface area contributed by atoms with E-state index in [1.807, 2.05) is 6.08 Å². The summed E-state index contributed by atoms with van der Waals surface area (Å²) in [6.45, 7) is 5.74. The Morgan fingerprint density at radius 2 is 2.30 bits per heavy atom. The summed E-state index contributed by atoms with van der Waals surface area (Å²) >= 11 is 0. The lowest BCUT2D eigenvalue weighted by atomic mass is 10.0. The van der Waals surface area contributed by atoms with Crippen LogP contribution in [0, 0.1) is 5.92 Å². The van der Waals surface area contributed by atoms with E-state index in [1.165, 1.54) is 6.42 Å². The Labute approximate surface area is 63.1 Å². The van der Waals surface area contributed by atoms with Crippen LogP contribution in [0.5, 0.6) is 0 Å². The van der Waals surface area contributed by atoms with Crippen molar-refractivity contribution in [3.63, 3.8) is 0 Å². The second kappa shape index (κ2) is 6.53. The number of hydrogen-bond acceptors (Lipinski definition) is 1. The number of carbonyl (C=O) groups excluding carboxylic acids is 1. The Bertz CT molecular complexity index is 96.9. The minimum atomic E-state index is 0.553. The molecule has 0 aromatic carbocycles. The second-order valence-corrected chi connectivity index (χ2v) is 2.73. The van der Waals surface area contributed by atoms with E-state index in [2.05, 4.69) is 13.5 Å². The number of carbonyl (C=O) groups is 1. The van der Waals surface area contributed by atoms with Gasteiger partial charge in [-0.15, -0.1) is 6.58 Å². The monoisotopic (exact) mass is 140 g/mol. The summed E-state index contributed by atoms with van der Waals surface area (Å²) in [5.74, 6) is 0.553. The van der Waals surface area contributed by atoms with Gasteiger partial charge in [0.05, 0.1) is 0 Å². The van der Waals surface area contributed by atoms with E-state index in [4.69, 9.17) is 0 Å². The molecular weight excluding hydrogens is 124 g/mol. The predicted octanol–water partition coefficient (Wildman–Crippen LogP) is 2.57. The number of unbranched alkanes of at least 4 members (excludes halogenated alkanes) is 1. The lowest BCUT2D eigenvalue weighted by Crippen LogP contribution is -1.94. The van der Waals surface area contributed by atoms with Crippen molar-refractivity contribution in [2.45, 2.75) is 32.6 Å². The maximum absolute atomic E-state index is 10.0. The molecule has 0 amide bonds. The fourth-order valence-corrected chi connectivity index (χ4v) is 0.893. The quantitative estimate of drug-likeness (QED) is 0.315. The maximum Gasteiger partial charge on any atom is 0.120 e. The van der Waals surface area contributed by atoms with E-state index in [9.17, 15) is 4.79 Å². The van der Waals surface area contributed by atoms with Gasteiger partial charge in [-0.1, -0.05) is 19.4 Å². The van der Waals surface area contributed by atoms with Crippen molar-refractivity contribution in [1.29, 1.82) is 0 Å². The van der Waals surface area contributed by atoms with E-state index in [0.29, 0.717) is 12.3 Å². The summed E-state index contributed by atoms with van der Waals surface area (Å²) in [5, 5.41) is 0. The Kier molecular flexibility index (Phi) is 6.14. The average molecular weight is 140 g/mol. The van der Waals surface area contributed by atoms with E-state index in [-0.39, 0.29) is 0 Å². The minimum absolute atomic E-state index is 0.553. The highest BCUT2D eigenvalue weighted by Crippen LogP contribution is 2.09. The normalized spacial score (nSPS) is 12.5. The third-order valence-corrected chi connectivity index (χ3v) is 1.60. The standard InChI is InChI=1S/C9H16O/c1-3-4-5-6-9(2)7-8-10/h3,8-9H,1,4-7H2,2H3. The number of aldehydes is 1. The highest BCUT2D eigenvalue weighted by molar-refractivity contribution is 5.49. The van der Waals surface area contributed by atoms with Gasteiger partial charge in [-0.3, -0.25) is 0 Å². The van der Waals surface area contributed by atoms with Crippen molar-refractivity contribution in [2.24, 2.45) is 5.92 Å². The fourth-order valence-electron chi connectivity index (χ4n) is 0.893. The molecule has 0 N–H and O–H groups in total. The molecule has 0 spiro atoms. The average Bonchev–Trinajstić information content (AvgIpc) is 1.89. The van der Waals surface area contributed by atoms with Crippen LogP contribution in [-0.2, 0) is 4.79 Å². The van der Waals surface area contributed by atoms with Crippen LogP contribution in [0.3, 0.4) is 0 Å². The van der Waals surface area contributed by atoms with E-state index >= 15 is 0 Å². The van der Waals surface area contributed by atoms with Crippen molar-refractivity contribution < 1.29 is 4.79 Å². The van der Waals surface area contributed by atoms with Crippen LogP contribution < -0.4 is 0 Å². The van der Waals surface area contributed by atoms with Gasteiger partial charge < -0.3 is 4.79 Å². The van der Waals surface area contributed by atoms with Crippen LogP contribution in [0.2, 0.25) is 0 Å². The van der Waals surface area contributed by atoms with Crippen LogP contribution in [0.15, 0.2) is 12.7 Å². The molecule has 1 heteroatoms. The molecule has 0 aliphatic carbocycles. The molecule has 0 aromatic rings. The zero-order valence-electron chi connectivity index (χ0n) is 6.68. The van der Waals surface area contributed by atoms with Crippen LogP contribution in [0.4, 0.5) is 0 Å². The summed E-state index contributed by atoms with van der Waals surface area (Å²) < 4.78 is 0. The summed E-state index contributed by atoms with van der Waals surface area (Å²) in [6, 6.07) is 0. The van der Waals surface area contributed by atoms with Crippen molar-refractivity contribution in [3.8, 4) is 0 Å². The summed E-state index contributed by atoms with van der Waals surface area (Å²) in [7, 11) is 0. The van der Waals surface area contributed by atoms with Gasteiger partial charge >= 0.3 is 0 Å². The topological polar surface area (TPSA) is 17.1 Å². The summed E-state index contributed by atoms with van der Waals surface area (Å²) in [6.07, 6.45) is 7.01. The lowest BCUT2D eigenvalue weighted by Gasteiger charge is -2.04. The molecule has 1 nitrogen and oxygen atoms in total. The van der Waals surface area contributed by atoms with Gasteiger partial charge in [0.1, 0.15) is 6.29 Å². The van der Waals surface area contributed by atoms with Gasteiger partial charge in [0.25, 0.3) is 0 Å². The first-order valence-corrected chi connectivity index (χ1v) is 3.85. The summed E-state index contributed by atoms with van der Waals surface area (Å²) in [5.41, 5.74) is 0. The predicted molar refractivity (Wildman–Crippen MR) is 43.9 cm³/mol. The minimum Gasteiger partial charge on any atom is -0.303 e. The molecule has 0 saturated carbocycles. The molecule has 1 atom stereocenters. The van der Waals surface area contributed by atoms with Crippen molar-refractivity contribution in [1.82, 2.24) is 0 Å². The van der Waals surface area contributed by atoms with Gasteiger partial charge in [-0.2, -0.15) is 0 Å². The van der Waals surface area contributed by atoms with Crippen molar-refractivity contribution in [2.75, 3.05) is 0 Å². The Hall–Kier alpha value is -0.590. The van der Waals surface area contributed by atoms with Gasteiger partial charge in [-0.25, -0.2) is 0 Å². The first-order valence-electron chi connectivity index (χ1n) is 3.85. The molecule has 1 unspecified atom stereocenters. The third kappa shape index (κ3) is 5.54. The first-order chi connectivity index (χ1) is 4.81. The summed E-state index contributed by atoms with van der Waals surface area (Å²) in [4.78, 5) is 10.0. The molecule has 0 bridgehead atoms. The Balaban J connectivity index is 3.11. The van der Waals surface area contributed by atoms with E-state index in [1.54, 1.807) is 0 Å². The SMILES string of the molecule is C=CCCCC(C)CC=O. The number of hydrogen-bond donors (Lipinski definition) is 0. The largest absolute Gasteiger partial charge is 0.303 e. The van der Waals surface area contributed by atoms with Crippen molar-refractivity contribution >= 4 is 6.29 Å². The van der Waals surface area contributed by atoms with Gasteiger partial charge in [0.15, 0.2) is 0 Å². The molecule has 0 aliphatic rings. The maximum atomic E-state index is 10.0. The van der Waals surface area contributed by atoms with Crippen LogP contribution >= 0.6 is 0 Å². The number of allylic oxidation sites excluding steroid dienone is 1. The highest BCUT2D eigenvalue weighted by atomic mass is 16.1. The third-order valence-electron chi connectivity index (χ3n) is 1.60. The zero-order valence-corrected chi connectivity index (χ0v) is 6.68. The van der Waals surface area contributed by atoms with Gasteiger partial charge in [0, 0.05) is 6.42 Å². The lowest BCUT2D eigenvalue weighted by molar-refractivity contribution is -0.108. The second-order valence-electron chi connectivity index (χ2n) is 2.73. The molecule has 0 aliphatic heterocycles. The fraction of sp³-hybridized carbons (Fsp3) is 0.667. The first kappa shape index (κ1) is 9.41. The van der Waals surface area contributed by atoms with E-state index in [0.717, 1.165) is 19.1 Å². The van der Waals surface area contributed by atoms with E-state index < -0.39 is 0 Å². The molecule has 0 saturated heterocycles. The molecule has 0 radical (unpaired) electrons. The zero-order chi connectivity index (χ0) is 7.82. The molecular formula is C9H16O. The molecule has 10 heavy (non-hydrogen) atoms. The van der Waals surface area contributed by atoms with Crippen LogP contribution in [0.1, 0.15) is 32.6 Å². The Morgan fingerprint density at radius 1 is 1.60 bits per heavy atom. The van der Waals surface area contributed by atoms with Crippen molar-refractivity contribution in [3.05, 3.63) is 12.7 Å². The van der Waals surface area contributed by atoms with Crippen LogP contribution in [0.25, 0.3) is 0 Å². The van der Waals surface area contributed by atoms with Crippen LogP contribution in [-0.4, -0.2) is 6.29 Å². The molecule has 0 heterocycles. The van der Waals surface area contributed by atoms with Gasteiger partial charge in [0.2, 0.25) is 0 Å². The molecule has 58 valence electrons. The molecule has 0 aromatic heterocycles. The smallest absolute Gasteiger partial charge is 0.120 e. The van der Waals surface area contributed by atoms with Gasteiger partial charge in [-0.05, 0) is 18.8 Å². The highest BCUT2D eigenvalue weighted by Gasteiger charge is 1.98. The molecule has 0 fully saturated rings. The number of rotatable bonds is 6. The Morgan fingerprint density at radius 3 is 2.80 bits per heavy atom.